The first kappa shape index (κ1) is 20.0. The van der Waals surface area contributed by atoms with Gasteiger partial charge in [0.25, 0.3) is 0 Å². The van der Waals surface area contributed by atoms with Crippen LogP contribution in [0.4, 0.5) is 0 Å². The van der Waals surface area contributed by atoms with Crippen molar-refractivity contribution in [1.82, 2.24) is 10.2 Å². The highest BCUT2D eigenvalue weighted by Gasteiger charge is 2.04. The molecule has 5 nitrogen and oxygen atoms in total. The van der Waals surface area contributed by atoms with Gasteiger partial charge < -0.3 is 19.7 Å². The first-order chi connectivity index (χ1) is 11.6. The van der Waals surface area contributed by atoms with Crippen LogP contribution in [-0.2, 0) is 4.79 Å². The van der Waals surface area contributed by atoms with Gasteiger partial charge >= 0.3 is 0 Å². The molecule has 134 valence electrons. The molecule has 0 spiro atoms. The number of amides is 1. The summed E-state index contributed by atoms with van der Waals surface area (Å²) in [5.41, 5.74) is 0.897. The number of rotatable bonds is 11. The van der Waals surface area contributed by atoms with Crippen molar-refractivity contribution in [3.8, 4) is 11.5 Å². The van der Waals surface area contributed by atoms with Crippen LogP contribution in [0.25, 0.3) is 6.08 Å². The number of carbonyl (C=O) groups is 1. The van der Waals surface area contributed by atoms with E-state index in [0.717, 1.165) is 31.6 Å². The minimum atomic E-state index is -0.0811. The molecule has 0 unspecified atom stereocenters. The Balaban J connectivity index is 2.46. The first-order valence-corrected chi connectivity index (χ1v) is 8.63. The summed E-state index contributed by atoms with van der Waals surface area (Å²) in [4.78, 5) is 14.2. The van der Waals surface area contributed by atoms with Gasteiger partial charge in [-0.05, 0) is 56.8 Å². The third-order valence-electron chi connectivity index (χ3n) is 3.76. The van der Waals surface area contributed by atoms with Crippen molar-refractivity contribution in [2.24, 2.45) is 0 Å². The number of nitrogens with one attached hydrogen (secondary N) is 1. The standard InChI is InChI=1S/C19H30N2O3/c1-5-21(6-2)14-8-13-20-19(22)12-10-16-9-11-17(24-7-3)18(15-16)23-4/h9-12,15H,5-8,13-14H2,1-4H3,(H,20,22)/b12-10+. The molecular weight excluding hydrogens is 304 g/mol. The molecule has 1 N–H and O–H groups in total. The smallest absolute Gasteiger partial charge is 0.243 e. The molecule has 0 atom stereocenters. The second-order valence-corrected chi connectivity index (χ2v) is 5.35. The van der Waals surface area contributed by atoms with Gasteiger partial charge in [0.05, 0.1) is 13.7 Å². The number of nitrogens with zero attached hydrogens (tertiary/aromatic N) is 1. The van der Waals surface area contributed by atoms with Gasteiger partial charge in [-0.25, -0.2) is 0 Å². The van der Waals surface area contributed by atoms with Crippen molar-refractivity contribution in [2.75, 3.05) is 39.9 Å². The predicted molar refractivity (Wildman–Crippen MR) is 98.6 cm³/mol. The predicted octanol–water partition coefficient (Wildman–Crippen LogP) is 2.96. The van der Waals surface area contributed by atoms with Gasteiger partial charge in [0.15, 0.2) is 11.5 Å². The molecule has 24 heavy (non-hydrogen) atoms. The van der Waals surface area contributed by atoms with Crippen molar-refractivity contribution in [3.05, 3.63) is 29.8 Å². The Bertz CT molecular complexity index is 525. The molecule has 1 aromatic rings. The maximum Gasteiger partial charge on any atom is 0.243 e. The summed E-state index contributed by atoms with van der Waals surface area (Å²) in [6.07, 6.45) is 4.28. The molecule has 1 amide bonds. The van der Waals surface area contributed by atoms with E-state index >= 15 is 0 Å². The second kappa shape index (κ2) is 11.5. The molecule has 0 saturated carbocycles. The van der Waals surface area contributed by atoms with Crippen LogP contribution >= 0.6 is 0 Å². The monoisotopic (exact) mass is 334 g/mol. The van der Waals surface area contributed by atoms with E-state index in [-0.39, 0.29) is 5.91 Å². The van der Waals surface area contributed by atoms with Crippen LogP contribution in [0.2, 0.25) is 0 Å². The van der Waals surface area contributed by atoms with Crippen molar-refractivity contribution >= 4 is 12.0 Å². The molecule has 0 fully saturated rings. The minimum Gasteiger partial charge on any atom is -0.493 e. The summed E-state index contributed by atoms with van der Waals surface area (Å²) in [6.45, 7) is 10.6. The average molecular weight is 334 g/mol. The summed E-state index contributed by atoms with van der Waals surface area (Å²) in [5.74, 6) is 1.29. The van der Waals surface area contributed by atoms with Crippen LogP contribution in [0.1, 0.15) is 32.8 Å². The summed E-state index contributed by atoms with van der Waals surface area (Å²) in [6, 6.07) is 5.61. The minimum absolute atomic E-state index is 0.0811. The Kier molecular flexibility index (Phi) is 9.61. The number of benzene rings is 1. The van der Waals surface area contributed by atoms with Gasteiger partial charge in [0.2, 0.25) is 5.91 Å². The van der Waals surface area contributed by atoms with Crippen molar-refractivity contribution in [3.63, 3.8) is 0 Å². The average Bonchev–Trinajstić information content (AvgIpc) is 2.61. The molecule has 1 rings (SSSR count). The Morgan fingerprint density at radius 3 is 2.58 bits per heavy atom. The fourth-order valence-electron chi connectivity index (χ4n) is 2.35. The molecule has 0 saturated heterocycles. The lowest BCUT2D eigenvalue weighted by Gasteiger charge is -2.17. The Labute approximate surface area is 145 Å². The van der Waals surface area contributed by atoms with E-state index in [4.69, 9.17) is 9.47 Å². The molecule has 0 heterocycles. The summed E-state index contributed by atoms with van der Waals surface area (Å²) >= 11 is 0. The summed E-state index contributed by atoms with van der Waals surface area (Å²) in [5, 5.41) is 2.91. The number of carbonyl (C=O) groups excluding carboxylic acids is 1. The third kappa shape index (κ3) is 7.04. The van der Waals surface area contributed by atoms with Crippen LogP contribution in [0.5, 0.6) is 11.5 Å². The molecular formula is C19H30N2O3. The quantitative estimate of drug-likeness (QED) is 0.499. The third-order valence-corrected chi connectivity index (χ3v) is 3.76. The normalized spacial score (nSPS) is 11.0. The van der Waals surface area contributed by atoms with Gasteiger partial charge in [0.1, 0.15) is 0 Å². The van der Waals surface area contributed by atoms with E-state index < -0.39 is 0 Å². The van der Waals surface area contributed by atoms with Gasteiger partial charge in [-0.2, -0.15) is 0 Å². The Morgan fingerprint density at radius 1 is 1.21 bits per heavy atom. The van der Waals surface area contributed by atoms with Gasteiger partial charge in [-0.3, -0.25) is 4.79 Å². The molecule has 0 radical (unpaired) electrons. The lowest BCUT2D eigenvalue weighted by Crippen LogP contribution is -2.29. The molecule has 0 aliphatic rings. The number of methoxy groups -OCH3 is 1. The largest absolute Gasteiger partial charge is 0.493 e. The molecule has 0 bridgehead atoms. The van der Waals surface area contributed by atoms with E-state index in [1.54, 1.807) is 19.3 Å². The van der Waals surface area contributed by atoms with E-state index in [2.05, 4.69) is 24.1 Å². The fraction of sp³-hybridized carbons (Fsp3) is 0.526. The van der Waals surface area contributed by atoms with Crippen LogP contribution in [0, 0.1) is 0 Å². The first-order valence-electron chi connectivity index (χ1n) is 8.63. The number of hydrogen-bond acceptors (Lipinski definition) is 4. The topological polar surface area (TPSA) is 50.8 Å². The lowest BCUT2D eigenvalue weighted by atomic mass is 10.2. The summed E-state index contributed by atoms with van der Waals surface area (Å²) < 4.78 is 10.8. The van der Waals surface area contributed by atoms with Crippen molar-refractivity contribution in [1.29, 1.82) is 0 Å². The zero-order chi connectivity index (χ0) is 17.8. The Hall–Kier alpha value is -2.01. The highest BCUT2D eigenvalue weighted by molar-refractivity contribution is 5.91. The zero-order valence-electron chi connectivity index (χ0n) is 15.3. The lowest BCUT2D eigenvalue weighted by molar-refractivity contribution is -0.116. The second-order valence-electron chi connectivity index (χ2n) is 5.35. The molecule has 0 aliphatic carbocycles. The van der Waals surface area contributed by atoms with E-state index in [1.807, 2.05) is 25.1 Å². The van der Waals surface area contributed by atoms with Crippen LogP contribution in [0.15, 0.2) is 24.3 Å². The molecule has 5 heteroatoms. The maximum absolute atomic E-state index is 11.9. The SMILES string of the molecule is CCOc1ccc(/C=C/C(=O)NCCCN(CC)CC)cc1OC. The van der Waals surface area contributed by atoms with Gasteiger partial charge in [-0.15, -0.1) is 0 Å². The Morgan fingerprint density at radius 2 is 1.96 bits per heavy atom. The van der Waals surface area contributed by atoms with Crippen LogP contribution in [0.3, 0.4) is 0 Å². The fourth-order valence-corrected chi connectivity index (χ4v) is 2.35. The van der Waals surface area contributed by atoms with Crippen LogP contribution in [-0.4, -0.2) is 50.7 Å². The zero-order valence-corrected chi connectivity index (χ0v) is 15.3. The molecule has 0 aromatic heterocycles. The highest BCUT2D eigenvalue weighted by atomic mass is 16.5. The van der Waals surface area contributed by atoms with E-state index in [9.17, 15) is 4.79 Å². The molecule has 0 aliphatic heterocycles. The number of ether oxygens (including phenoxy) is 2. The van der Waals surface area contributed by atoms with Crippen molar-refractivity contribution in [2.45, 2.75) is 27.2 Å². The van der Waals surface area contributed by atoms with Gasteiger partial charge in [-0.1, -0.05) is 19.9 Å². The van der Waals surface area contributed by atoms with Crippen molar-refractivity contribution < 1.29 is 14.3 Å². The summed E-state index contributed by atoms with van der Waals surface area (Å²) in [7, 11) is 1.61. The maximum atomic E-state index is 11.9. The van der Waals surface area contributed by atoms with Gasteiger partial charge in [0, 0.05) is 12.6 Å². The number of hydrogen-bond donors (Lipinski definition) is 1. The highest BCUT2D eigenvalue weighted by Crippen LogP contribution is 2.28. The van der Waals surface area contributed by atoms with E-state index in [1.165, 1.54) is 0 Å². The van der Waals surface area contributed by atoms with E-state index in [0.29, 0.717) is 24.7 Å². The van der Waals surface area contributed by atoms with Crippen LogP contribution < -0.4 is 14.8 Å². The molecule has 1 aromatic carbocycles.